The van der Waals surface area contributed by atoms with Crippen LogP contribution in [0.4, 0.5) is 6.01 Å². The van der Waals surface area contributed by atoms with Crippen LogP contribution in [0.15, 0.2) is 4.42 Å². The Bertz CT molecular complexity index is 354. The SMILES string of the molecule is COCCNCc1nnc(N(C)CC(N)=O)o1. The molecular formula is C9H17N5O3. The lowest BCUT2D eigenvalue weighted by Gasteiger charge is -2.10. The Morgan fingerprint density at radius 1 is 1.59 bits per heavy atom. The molecule has 0 radical (unpaired) electrons. The zero-order valence-electron chi connectivity index (χ0n) is 9.97. The number of carbonyl (C=O) groups excluding carboxylic acids is 1. The molecule has 1 aromatic rings. The molecule has 0 fully saturated rings. The zero-order chi connectivity index (χ0) is 12.7. The lowest BCUT2D eigenvalue weighted by Crippen LogP contribution is -2.30. The van der Waals surface area contributed by atoms with Gasteiger partial charge in [-0.05, 0) is 0 Å². The van der Waals surface area contributed by atoms with E-state index in [0.29, 0.717) is 25.6 Å². The standard InChI is InChI=1S/C9H17N5O3/c1-14(6-7(10)15)9-13-12-8(17-9)5-11-3-4-16-2/h11H,3-6H2,1-2H3,(H2,10,15). The van der Waals surface area contributed by atoms with E-state index >= 15 is 0 Å². The Balaban J connectivity index is 2.39. The fraction of sp³-hybridized carbons (Fsp3) is 0.667. The van der Waals surface area contributed by atoms with Crippen molar-refractivity contribution in [2.45, 2.75) is 6.54 Å². The van der Waals surface area contributed by atoms with Crippen LogP contribution in [0.2, 0.25) is 0 Å². The van der Waals surface area contributed by atoms with E-state index in [1.807, 2.05) is 0 Å². The number of methoxy groups -OCH3 is 1. The third-order valence-corrected chi connectivity index (χ3v) is 1.93. The Labute approximate surface area is 99.1 Å². The normalized spacial score (nSPS) is 10.5. The number of hydrogen-bond acceptors (Lipinski definition) is 7. The molecular weight excluding hydrogens is 226 g/mol. The molecule has 1 amide bonds. The van der Waals surface area contributed by atoms with Gasteiger partial charge in [-0.15, -0.1) is 5.10 Å². The number of nitrogens with zero attached hydrogens (tertiary/aromatic N) is 3. The van der Waals surface area contributed by atoms with E-state index in [-0.39, 0.29) is 12.6 Å². The molecule has 0 aliphatic rings. The van der Waals surface area contributed by atoms with Gasteiger partial charge in [-0.2, -0.15) is 0 Å². The summed E-state index contributed by atoms with van der Waals surface area (Å²) in [6.45, 7) is 1.81. The Morgan fingerprint density at radius 3 is 3.00 bits per heavy atom. The highest BCUT2D eigenvalue weighted by Crippen LogP contribution is 2.09. The number of primary amides is 1. The molecule has 0 saturated carbocycles. The maximum Gasteiger partial charge on any atom is 0.318 e. The van der Waals surface area contributed by atoms with E-state index in [4.69, 9.17) is 14.9 Å². The lowest BCUT2D eigenvalue weighted by molar-refractivity contribution is -0.116. The molecule has 0 saturated heterocycles. The van der Waals surface area contributed by atoms with E-state index in [1.165, 1.54) is 4.90 Å². The number of nitrogens with two attached hydrogens (primary N) is 1. The quantitative estimate of drug-likeness (QED) is 0.548. The van der Waals surface area contributed by atoms with Gasteiger partial charge >= 0.3 is 6.01 Å². The Morgan fingerprint density at radius 2 is 2.35 bits per heavy atom. The predicted molar refractivity (Wildman–Crippen MR) is 60.3 cm³/mol. The molecule has 1 heterocycles. The highest BCUT2D eigenvalue weighted by Gasteiger charge is 2.11. The minimum atomic E-state index is -0.453. The molecule has 8 heteroatoms. The first-order valence-corrected chi connectivity index (χ1v) is 5.15. The summed E-state index contributed by atoms with van der Waals surface area (Å²) in [6.07, 6.45) is 0. The van der Waals surface area contributed by atoms with Gasteiger partial charge in [0.1, 0.15) is 6.54 Å². The third kappa shape index (κ3) is 4.79. The van der Waals surface area contributed by atoms with Crippen LogP contribution in [0.1, 0.15) is 5.89 Å². The van der Waals surface area contributed by atoms with Gasteiger partial charge in [0.15, 0.2) is 0 Å². The van der Waals surface area contributed by atoms with Gasteiger partial charge in [0.2, 0.25) is 11.8 Å². The number of carbonyl (C=O) groups is 1. The van der Waals surface area contributed by atoms with E-state index in [2.05, 4.69) is 15.5 Å². The topological polar surface area (TPSA) is 107 Å². The average Bonchev–Trinajstić information content (AvgIpc) is 2.72. The number of nitrogens with one attached hydrogen (secondary N) is 1. The zero-order valence-corrected chi connectivity index (χ0v) is 9.97. The van der Waals surface area contributed by atoms with Gasteiger partial charge in [0.25, 0.3) is 0 Å². The van der Waals surface area contributed by atoms with Gasteiger partial charge in [0, 0.05) is 20.7 Å². The summed E-state index contributed by atoms with van der Waals surface area (Å²) in [4.78, 5) is 12.2. The summed E-state index contributed by atoms with van der Waals surface area (Å²) in [7, 11) is 3.28. The molecule has 0 atom stereocenters. The first-order chi connectivity index (χ1) is 8.13. The Kier molecular flexibility index (Phi) is 5.37. The Hall–Kier alpha value is -1.67. The van der Waals surface area contributed by atoms with Gasteiger partial charge in [-0.3, -0.25) is 4.79 Å². The first kappa shape index (κ1) is 13.4. The summed E-state index contributed by atoms with van der Waals surface area (Å²) >= 11 is 0. The molecule has 3 N–H and O–H groups in total. The van der Waals surface area contributed by atoms with Crippen LogP contribution in [-0.2, 0) is 16.1 Å². The number of likely N-dealkylation sites (N-methyl/N-ethyl adjacent to an activating group) is 1. The van der Waals surface area contributed by atoms with Crippen molar-refractivity contribution in [1.82, 2.24) is 15.5 Å². The second kappa shape index (κ2) is 6.81. The van der Waals surface area contributed by atoms with Gasteiger partial charge < -0.3 is 25.1 Å². The molecule has 1 aromatic heterocycles. The molecule has 0 aromatic carbocycles. The van der Waals surface area contributed by atoms with E-state index < -0.39 is 5.91 Å². The van der Waals surface area contributed by atoms with Crippen LogP contribution in [0, 0.1) is 0 Å². The summed E-state index contributed by atoms with van der Waals surface area (Å²) in [5, 5.41) is 10.7. The van der Waals surface area contributed by atoms with Crippen molar-refractivity contribution in [3.8, 4) is 0 Å². The third-order valence-electron chi connectivity index (χ3n) is 1.93. The van der Waals surface area contributed by atoms with Crippen molar-refractivity contribution in [3.05, 3.63) is 5.89 Å². The molecule has 0 spiro atoms. The molecule has 0 bridgehead atoms. The van der Waals surface area contributed by atoms with Gasteiger partial charge in [0.05, 0.1) is 13.2 Å². The number of amides is 1. The number of hydrogen-bond donors (Lipinski definition) is 2. The van der Waals surface area contributed by atoms with E-state index in [0.717, 1.165) is 0 Å². The molecule has 17 heavy (non-hydrogen) atoms. The number of rotatable bonds is 8. The predicted octanol–water partition coefficient (Wildman–Crippen LogP) is -1.27. The maximum absolute atomic E-state index is 10.7. The van der Waals surface area contributed by atoms with Crippen LogP contribution in [-0.4, -0.2) is 50.0 Å². The molecule has 0 aliphatic heterocycles. The van der Waals surface area contributed by atoms with Crippen LogP contribution < -0.4 is 16.0 Å². The maximum atomic E-state index is 10.7. The van der Waals surface area contributed by atoms with Crippen molar-refractivity contribution in [2.75, 3.05) is 38.8 Å². The molecule has 96 valence electrons. The minimum absolute atomic E-state index is 0.0404. The summed E-state index contributed by atoms with van der Waals surface area (Å²) in [5.74, 6) is -0.00195. The lowest BCUT2D eigenvalue weighted by atomic mass is 10.5. The summed E-state index contributed by atoms with van der Waals surface area (Å²) in [6, 6.07) is 0.271. The summed E-state index contributed by atoms with van der Waals surface area (Å²) in [5.41, 5.74) is 5.05. The molecule has 0 unspecified atom stereocenters. The summed E-state index contributed by atoms with van der Waals surface area (Å²) < 4.78 is 10.2. The van der Waals surface area contributed by atoms with Crippen LogP contribution >= 0.6 is 0 Å². The monoisotopic (exact) mass is 243 g/mol. The number of anilines is 1. The fourth-order valence-electron chi connectivity index (χ4n) is 1.14. The van der Waals surface area contributed by atoms with E-state index in [1.54, 1.807) is 14.2 Å². The number of ether oxygens (including phenoxy) is 1. The second-order valence-electron chi connectivity index (χ2n) is 3.47. The van der Waals surface area contributed by atoms with Crippen LogP contribution in [0.25, 0.3) is 0 Å². The highest BCUT2D eigenvalue weighted by molar-refractivity contribution is 5.78. The van der Waals surface area contributed by atoms with E-state index in [9.17, 15) is 4.79 Å². The van der Waals surface area contributed by atoms with Crippen molar-refractivity contribution in [2.24, 2.45) is 5.73 Å². The smallest absolute Gasteiger partial charge is 0.318 e. The average molecular weight is 243 g/mol. The van der Waals surface area contributed by atoms with Gasteiger partial charge in [-0.25, -0.2) is 0 Å². The second-order valence-corrected chi connectivity index (χ2v) is 3.47. The molecule has 8 nitrogen and oxygen atoms in total. The van der Waals surface area contributed by atoms with Crippen molar-refractivity contribution in [1.29, 1.82) is 0 Å². The van der Waals surface area contributed by atoms with Gasteiger partial charge in [-0.1, -0.05) is 5.10 Å². The van der Waals surface area contributed by atoms with Crippen LogP contribution in [0.3, 0.4) is 0 Å². The van der Waals surface area contributed by atoms with Crippen molar-refractivity contribution in [3.63, 3.8) is 0 Å². The van der Waals surface area contributed by atoms with Crippen molar-refractivity contribution < 1.29 is 13.9 Å². The van der Waals surface area contributed by atoms with Crippen molar-refractivity contribution >= 4 is 11.9 Å². The molecule has 0 aliphatic carbocycles. The molecule has 1 rings (SSSR count). The van der Waals surface area contributed by atoms with Crippen LogP contribution in [0.5, 0.6) is 0 Å². The minimum Gasteiger partial charge on any atom is -0.407 e. The number of aromatic nitrogens is 2. The first-order valence-electron chi connectivity index (χ1n) is 5.15. The largest absolute Gasteiger partial charge is 0.407 e. The fourth-order valence-corrected chi connectivity index (χ4v) is 1.14. The highest BCUT2D eigenvalue weighted by atomic mass is 16.5.